The molecule has 3 unspecified atom stereocenters. The summed E-state index contributed by atoms with van der Waals surface area (Å²) in [6.45, 7) is 5.66. The van der Waals surface area contributed by atoms with E-state index in [0.717, 1.165) is 25.3 Å². The van der Waals surface area contributed by atoms with Crippen LogP contribution in [0.4, 0.5) is 4.39 Å². The molecule has 118 valence electrons. The van der Waals surface area contributed by atoms with Gasteiger partial charge in [0, 0.05) is 5.56 Å². The van der Waals surface area contributed by atoms with Crippen LogP contribution >= 0.6 is 0 Å². The Morgan fingerprint density at radius 3 is 2.81 bits per heavy atom. The molecule has 1 aromatic rings. The molecule has 0 radical (unpaired) electrons. The van der Waals surface area contributed by atoms with E-state index in [1.165, 1.54) is 25.3 Å². The van der Waals surface area contributed by atoms with Crippen LogP contribution in [0.3, 0.4) is 0 Å². The molecule has 0 spiro atoms. The van der Waals surface area contributed by atoms with Crippen molar-refractivity contribution in [2.45, 2.75) is 58.1 Å². The Bertz CT molecular complexity index is 423. The first-order valence-corrected chi connectivity index (χ1v) is 8.34. The minimum absolute atomic E-state index is 0.0572. The Labute approximate surface area is 128 Å². The fourth-order valence-corrected chi connectivity index (χ4v) is 3.26. The van der Waals surface area contributed by atoms with Gasteiger partial charge in [-0.05, 0) is 31.4 Å². The van der Waals surface area contributed by atoms with Crippen LogP contribution in [-0.2, 0) is 4.74 Å². The second kappa shape index (κ2) is 8.50. The van der Waals surface area contributed by atoms with Crippen LogP contribution in [0.2, 0.25) is 0 Å². The van der Waals surface area contributed by atoms with Gasteiger partial charge in [0.2, 0.25) is 0 Å². The Kier molecular flexibility index (Phi) is 6.65. The molecule has 0 bridgehead atoms. The molecule has 1 aliphatic rings. The number of benzene rings is 1. The summed E-state index contributed by atoms with van der Waals surface area (Å²) in [5.74, 6) is 0.650. The van der Waals surface area contributed by atoms with E-state index in [-0.39, 0.29) is 11.9 Å². The summed E-state index contributed by atoms with van der Waals surface area (Å²) in [5, 5.41) is 3.34. The third-order valence-corrected chi connectivity index (χ3v) is 4.54. The highest BCUT2D eigenvalue weighted by atomic mass is 19.1. The highest BCUT2D eigenvalue weighted by Gasteiger charge is 2.23. The van der Waals surface area contributed by atoms with Gasteiger partial charge in [-0.25, -0.2) is 4.39 Å². The molecule has 0 saturated heterocycles. The molecule has 2 nitrogen and oxygen atoms in total. The molecule has 1 aromatic carbocycles. The maximum absolute atomic E-state index is 13.9. The van der Waals surface area contributed by atoms with E-state index in [0.29, 0.717) is 18.3 Å². The van der Waals surface area contributed by atoms with Crippen LogP contribution < -0.4 is 5.32 Å². The molecule has 1 N–H and O–H groups in total. The smallest absolute Gasteiger partial charge is 0.128 e. The summed E-state index contributed by atoms with van der Waals surface area (Å²) in [4.78, 5) is 0. The molecule has 21 heavy (non-hydrogen) atoms. The van der Waals surface area contributed by atoms with Crippen molar-refractivity contribution in [3.05, 3.63) is 35.6 Å². The number of hydrogen-bond donors (Lipinski definition) is 1. The third-order valence-electron chi connectivity index (χ3n) is 4.54. The summed E-state index contributed by atoms with van der Waals surface area (Å²) < 4.78 is 20.1. The molecule has 2 rings (SSSR count). The van der Waals surface area contributed by atoms with Crippen LogP contribution in [0.15, 0.2) is 24.3 Å². The zero-order chi connectivity index (χ0) is 15.1. The van der Waals surface area contributed by atoms with E-state index in [9.17, 15) is 4.39 Å². The summed E-state index contributed by atoms with van der Waals surface area (Å²) in [6.07, 6.45) is 6.48. The Morgan fingerprint density at radius 1 is 1.29 bits per heavy atom. The highest BCUT2D eigenvalue weighted by molar-refractivity contribution is 5.21. The monoisotopic (exact) mass is 293 g/mol. The molecule has 1 aliphatic carbocycles. The average Bonchev–Trinajstić information content (AvgIpc) is 2.52. The highest BCUT2D eigenvalue weighted by Crippen LogP contribution is 2.29. The van der Waals surface area contributed by atoms with Crippen molar-refractivity contribution in [1.29, 1.82) is 0 Å². The molecule has 3 atom stereocenters. The van der Waals surface area contributed by atoms with E-state index >= 15 is 0 Å². The fraction of sp³-hybridized carbons (Fsp3) is 0.667. The van der Waals surface area contributed by atoms with Gasteiger partial charge in [0.25, 0.3) is 0 Å². The van der Waals surface area contributed by atoms with Crippen LogP contribution in [0.1, 0.15) is 57.6 Å². The first-order chi connectivity index (χ1) is 10.2. The Balaban J connectivity index is 1.92. The third kappa shape index (κ3) is 4.79. The summed E-state index contributed by atoms with van der Waals surface area (Å²) in [6, 6.07) is 6.93. The van der Waals surface area contributed by atoms with Gasteiger partial charge in [0.1, 0.15) is 5.82 Å². The first kappa shape index (κ1) is 16.4. The van der Waals surface area contributed by atoms with Crippen molar-refractivity contribution < 1.29 is 9.13 Å². The molecule has 0 aromatic heterocycles. The number of halogens is 1. The second-order valence-electron chi connectivity index (χ2n) is 6.03. The van der Waals surface area contributed by atoms with Crippen LogP contribution in [-0.4, -0.2) is 19.3 Å². The molecule has 0 heterocycles. The zero-order valence-corrected chi connectivity index (χ0v) is 13.3. The van der Waals surface area contributed by atoms with Crippen LogP contribution in [0, 0.1) is 11.7 Å². The Hall–Kier alpha value is -0.930. The van der Waals surface area contributed by atoms with Crippen molar-refractivity contribution in [2.75, 3.05) is 13.2 Å². The second-order valence-corrected chi connectivity index (χ2v) is 6.03. The zero-order valence-electron chi connectivity index (χ0n) is 13.3. The van der Waals surface area contributed by atoms with Crippen molar-refractivity contribution in [1.82, 2.24) is 5.32 Å². The quantitative estimate of drug-likeness (QED) is 0.801. The lowest BCUT2D eigenvalue weighted by molar-refractivity contribution is 0.00101. The molecule has 0 aliphatic heterocycles. The van der Waals surface area contributed by atoms with Gasteiger partial charge in [-0.15, -0.1) is 0 Å². The van der Waals surface area contributed by atoms with Crippen LogP contribution in [0.25, 0.3) is 0 Å². The minimum Gasteiger partial charge on any atom is -0.376 e. The SMILES string of the molecule is CCNC(COC1CCCC(CC)C1)c1ccccc1F. The summed E-state index contributed by atoms with van der Waals surface area (Å²) >= 11 is 0. The first-order valence-electron chi connectivity index (χ1n) is 8.34. The normalized spacial score (nSPS) is 24.0. The van der Waals surface area contributed by atoms with E-state index in [4.69, 9.17) is 4.74 Å². The largest absolute Gasteiger partial charge is 0.376 e. The molecule has 1 fully saturated rings. The van der Waals surface area contributed by atoms with Gasteiger partial charge < -0.3 is 10.1 Å². The summed E-state index contributed by atoms with van der Waals surface area (Å²) in [7, 11) is 0. The van der Waals surface area contributed by atoms with Gasteiger partial charge in [-0.2, -0.15) is 0 Å². The van der Waals surface area contributed by atoms with E-state index in [1.807, 2.05) is 19.1 Å². The standard InChI is InChI=1S/C18H28FNO/c1-3-14-8-7-9-15(12-14)21-13-18(20-4-2)16-10-5-6-11-17(16)19/h5-6,10-11,14-15,18,20H,3-4,7-9,12-13H2,1-2H3. The van der Waals surface area contributed by atoms with Gasteiger partial charge in [0.15, 0.2) is 0 Å². The van der Waals surface area contributed by atoms with E-state index < -0.39 is 0 Å². The predicted octanol–water partition coefficient (Wildman–Crippen LogP) is 4.46. The van der Waals surface area contributed by atoms with Gasteiger partial charge >= 0.3 is 0 Å². The molecular formula is C18H28FNO. The average molecular weight is 293 g/mol. The molecule has 3 heteroatoms. The number of likely N-dealkylation sites (N-methyl/N-ethyl adjacent to an activating group) is 1. The molecule has 1 saturated carbocycles. The van der Waals surface area contributed by atoms with Crippen molar-refractivity contribution in [3.63, 3.8) is 0 Å². The lowest BCUT2D eigenvalue weighted by atomic mass is 9.85. The number of nitrogens with one attached hydrogen (secondary N) is 1. The minimum atomic E-state index is -0.151. The molecule has 0 amide bonds. The van der Waals surface area contributed by atoms with E-state index in [2.05, 4.69) is 12.2 Å². The topological polar surface area (TPSA) is 21.3 Å². The van der Waals surface area contributed by atoms with Crippen molar-refractivity contribution in [2.24, 2.45) is 5.92 Å². The van der Waals surface area contributed by atoms with E-state index in [1.54, 1.807) is 6.07 Å². The van der Waals surface area contributed by atoms with Crippen molar-refractivity contribution in [3.8, 4) is 0 Å². The van der Waals surface area contributed by atoms with Crippen molar-refractivity contribution >= 4 is 0 Å². The maximum Gasteiger partial charge on any atom is 0.128 e. The van der Waals surface area contributed by atoms with Gasteiger partial charge in [0.05, 0.1) is 18.8 Å². The lowest BCUT2D eigenvalue weighted by Crippen LogP contribution is -2.30. The predicted molar refractivity (Wildman–Crippen MR) is 84.8 cm³/mol. The maximum atomic E-state index is 13.9. The number of ether oxygens (including phenoxy) is 1. The van der Waals surface area contributed by atoms with Crippen LogP contribution in [0.5, 0.6) is 0 Å². The van der Waals surface area contributed by atoms with Gasteiger partial charge in [-0.1, -0.05) is 51.3 Å². The molecular weight excluding hydrogens is 265 g/mol. The summed E-state index contributed by atoms with van der Waals surface area (Å²) in [5.41, 5.74) is 0.710. The number of hydrogen-bond acceptors (Lipinski definition) is 2. The van der Waals surface area contributed by atoms with Gasteiger partial charge in [-0.3, -0.25) is 0 Å². The number of rotatable bonds is 7. The fourth-order valence-electron chi connectivity index (χ4n) is 3.26. The lowest BCUT2D eigenvalue weighted by Gasteiger charge is -2.30. The Morgan fingerprint density at radius 2 is 2.10 bits per heavy atom.